The molecule has 0 atom stereocenters. The lowest BCUT2D eigenvalue weighted by Gasteiger charge is -2.19. The number of nitrogen functional groups attached to an aromatic ring is 1. The first-order chi connectivity index (χ1) is 8.88. The summed E-state index contributed by atoms with van der Waals surface area (Å²) in [5.41, 5.74) is 11.5. The number of benzene rings is 2. The summed E-state index contributed by atoms with van der Waals surface area (Å²) in [5, 5.41) is 3.37. The average molecular weight is 254 g/mol. The monoisotopic (exact) mass is 254 g/mol. The molecule has 0 radical (unpaired) electrons. The molecular weight excluding hydrogens is 232 g/mol. The lowest BCUT2D eigenvalue weighted by Crippen LogP contribution is -2.10. The first-order valence-electron chi connectivity index (χ1n) is 6.60. The van der Waals surface area contributed by atoms with Crippen LogP contribution in [0, 0.1) is 6.92 Å². The fourth-order valence-electron chi connectivity index (χ4n) is 2.00. The molecule has 0 amide bonds. The molecular formula is C17H22N2. The summed E-state index contributed by atoms with van der Waals surface area (Å²) in [5.74, 6) is 0. The quantitative estimate of drug-likeness (QED) is 0.767. The number of hydrogen-bond donors (Lipinski definition) is 2. The van der Waals surface area contributed by atoms with Gasteiger partial charge in [0.05, 0.1) is 11.4 Å². The summed E-state index contributed by atoms with van der Waals surface area (Å²) in [6.07, 6.45) is 0. The van der Waals surface area contributed by atoms with Gasteiger partial charge in [-0.3, -0.25) is 0 Å². The summed E-state index contributed by atoms with van der Waals surface area (Å²) in [6, 6.07) is 14.5. The third kappa shape index (κ3) is 3.08. The number of para-hydroxylation sites is 1. The van der Waals surface area contributed by atoms with Crippen molar-refractivity contribution in [3.05, 3.63) is 53.6 Å². The van der Waals surface area contributed by atoms with E-state index in [1.54, 1.807) is 0 Å². The van der Waals surface area contributed by atoms with Crippen LogP contribution in [0.1, 0.15) is 31.9 Å². The fraction of sp³-hybridized carbons (Fsp3) is 0.294. The largest absolute Gasteiger partial charge is 0.397 e. The first kappa shape index (κ1) is 13.5. The third-order valence-corrected chi connectivity index (χ3v) is 3.35. The normalized spacial score (nSPS) is 11.4. The number of nitrogens with two attached hydrogens (primary N) is 1. The van der Waals surface area contributed by atoms with E-state index in [2.05, 4.69) is 50.4 Å². The second-order valence-corrected chi connectivity index (χ2v) is 5.99. The van der Waals surface area contributed by atoms with E-state index in [9.17, 15) is 0 Å². The van der Waals surface area contributed by atoms with Crippen LogP contribution >= 0.6 is 0 Å². The van der Waals surface area contributed by atoms with Crippen LogP contribution in [0.4, 0.5) is 17.1 Å². The van der Waals surface area contributed by atoms with Crippen molar-refractivity contribution < 1.29 is 0 Å². The van der Waals surface area contributed by atoms with Crippen molar-refractivity contribution in [2.45, 2.75) is 33.1 Å². The minimum Gasteiger partial charge on any atom is -0.397 e. The van der Waals surface area contributed by atoms with Gasteiger partial charge in [0, 0.05) is 5.69 Å². The number of aryl methyl sites for hydroxylation is 1. The number of anilines is 3. The Hall–Kier alpha value is -1.96. The molecule has 0 saturated heterocycles. The van der Waals surface area contributed by atoms with Gasteiger partial charge in [-0.05, 0) is 41.7 Å². The van der Waals surface area contributed by atoms with Crippen molar-refractivity contribution in [3.8, 4) is 0 Å². The third-order valence-electron chi connectivity index (χ3n) is 3.35. The number of nitrogens with one attached hydrogen (secondary N) is 1. The summed E-state index contributed by atoms with van der Waals surface area (Å²) in [6.45, 7) is 8.67. The van der Waals surface area contributed by atoms with E-state index in [0.717, 1.165) is 22.6 Å². The molecule has 3 N–H and O–H groups in total. The van der Waals surface area contributed by atoms with E-state index in [1.165, 1.54) is 5.56 Å². The van der Waals surface area contributed by atoms with Gasteiger partial charge in [-0.25, -0.2) is 0 Å². The topological polar surface area (TPSA) is 38.0 Å². The molecule has 0 fully saturated rings. The Bertz CT molecular complexity index is 563. The zero-order chi connectivity index (χ0) is 14.0. The Labute approximate surface area is 115 Å². The molecule has 0 unspecified atom stereocenters. The first-order valence-corrected chi connectivity index (χ1v) is 6.60. The average Bonchev–Trinajstić information content (AvgIpc) is 2.35. The predicted molar refractivity (Wildman–Crippen MR) is 84.0 cm³/mol. The van der Waals surface area contributed by atoms with Crippen molar-refractivity contribution in [2.24, 2.45) is 0 Å². The Morgan fingerprint density at radius 1 is 0.947 bits per heavy atom. The van der Waals surface area contributed by atoms with Crippen LogP contribution in [0.2, 0.25) is 0 Å². The van der Waals surface area contributed by atoms with Gasteiger partial charge in [0.25, 0.3) is 0 Å². The summed E-state index contributed by atoms with van der Waals surface area (Å²) in [4.78, 5) is 0. The van der Waals surface area contributed by atoms with Gasteiger partial charge < -0.3 is 11.1 Å². The molecule has 2 rings (SSSR count). The highest BCUT2D eigenvalue weighted by Crippen LogP contribution is 2.28. The van der Waals surface area contributed by atoms with Gasteiger partial charge >= 0.3 is 0 Å². The lowest BCUT2D eigenvalue weighted by molar-refractivity contribution is 0.590. The van der Waals surface area contributed by atoms with Crippen LogP contribution in [-0.2, 0) is 5.41 Å². The SMILES string of the molecule is Cc1cccc(Nc2ccc(C(C)(C)C)cc2)c1N. The van der Waals surface area contributed by atoms with E-state index in [0.29, 0.717) is 0 Å². The van der Waals surface area contributed by atoms with Gasteiger partial charge in [-0.15, -0.1) is 0 Å². The summed E-state index contributed by atoms with van der Waals surface area (Å²) >= 11 is 0. The van der Waals surface area contributed by atoms with Crippen LogP contribution in [-0.4, -0.2) is 0 Å². The molecule has 0 heterocycles. The number of hydrogen-bond acceptors (Lipinski definition) is 2. The van der Waals surface area contributed by atoms with E-state index in [1.807, 2.05) is 25.1 Å². The van der Waals surface area contributed by atoms with Crippen molar-refractivity contribution in [3.63, 3.8) is 0 Å². The standard InChI is InChI=1S/C17H22N2/c1-12-6-5-7-15(16(12)18)19-14-10-8-13(9-11-14)17(2,3)4/h5-11,19H,18H2,1-4H3. The van der Waals surface area contributed by atoms with Crippen LogP contribution in [0.15, 0.2) is 42.5 Å². The van der Waals surface area contributed by atoms with Gasteiger partial charge in [0.1, 0.15) is 0 Å². The molecule has 0 aromatic heterocycles. The second-order valence-electron chi connectivity index (χ2n) is 5.99. The minimum absolute atomic E-state index is 0.181. The second kappa shape index (κ2) is 4.96. The molecule has 0 saturated carbocycles. The Morgan fingerprint density at radius 3 is 2.16 bits per heavy atom. The smallest absolute Gasteiger partial charge is 0.0620 e. The lowest BCUT2D eigenvalue weighted by atomic mass is 9.87. The van der Waals surface area contributed by atoms with Crippen LogP contribution in [0.5, 0.6) is 0 Å². The molecule has 0 bridgehead atoms. The highest BCUT2D eigenvalue weighted by molar-refractivity contribution is 5.74. The zero-order valence-corrected chi connectivity index (χ0v) is 12.1. The molecule has 0 aliphatic carbocycles. The van der Waals surface area contributed by atoms with E-state index in [-0.39, 0.29) is 5.41 Å². The highest BCUT2D eigenvalue weighted by atomic mass is 14.9. The maximum atomic E-state index is 6.07. The molecule has 2 nitrogen and oxygen atoms in total. The Kier molecular flexibility index (Phi) is 3.52. The van der Waals surface area contributed by atoms with Crippen molar-refractivity contribution in [1.29, 1.82) is 0 Å². The highest BCUT2D eigenvalue weighted by Gasteiger charge is 2.12. The van der Waals surface area contributed by atoms with Crippen molar-refractivity contribution in [1.82, 2.24) is 0 Å². The van der Waals surface area contributed by atoms with Crippen LogP contribution in [0.3, 0.4) is 0 Å². The predicted octanol–water partition coefficient (Wildman–Crippen LogP) is 4.62. The Balaban J connectivity index is 2.23. The van der Waals surface area contributed by atoms with Gasteiger partial charge in [-0.1, -0.05) is 45.0 Å². The molecule has 2 heteroatoms. The van der Waals surface area contributed by atoms with Gasteiger partial charge in [0.2, 0.25) is 0 Å². The molecule has 0 aliphatic rings. The molecule has 19 heavy (non-hydrogen) atoms. The van der Waals surface area contributed by atoms with E-state index < -0.39 is 0 Å². The fourth-order valence-corrected chi connectivity index (χ4v) is 2.00. The molecule has 2 aromatic rings. The Morgan fingerprint density at radius 2 is 1.58 bits per heavy atom. The van der Waals surface area contributed by atoms with Crippen molar-refractivity contribution in [2.75, 3.05) is 11.1 Å². The van der Waals surface area contributed by atoms with Crippen LogP contribution in [0.25, 0.3) is 0 Å². The summed E-state index contributed by atoms with van der Waals surface area (Å²) in [7, 11) is 0. The minimum atomic E-state index is 0.181. The molecule has 2 aromatic carbocycles. The molecule has 0 aliphatic heterocycles. The van der Waals surface area contributed by atoms with E-state index >= 15 is 0 Å². The van der Waals surface area contributed by atoms with Gasteiger partial charge in [-0.2, -0.15) is 0 Å². The maximum Gasteiger partial charge on any atom is 0.0620 e. The van der Waals surface area contributed by atoms with Gasteiger partial charge in [0.15, 0.2) is 0 Å². The zero-order valence-electron chi connectivity index (χ0n) is 12.1. The van der Waals surface area contributed by atoms with E-state index in [4.69, 9.17) is 5.73 Å². The molecule has 100 valence electrons. The summed E-state index contributed by atoms with van der Waals surface area (Å²) < 4.78 is 0. The number of rotatable bonds is 2. The van der Waals surface area contributed by atoms with Crippen molar-refractivity contribution >= 4 is 17.1 Å². The molecule has 0 spiro atoms. The maximum absolute atomic E-state index is 6.07. The van der Waals surface area contributed by atoms with Crippen LogP contribution < -0.4 is 11.1 Å².